The standard InChI is InChI=1S/C20H26N6O.ClH/c1-3-26-14(2)9-16-10-17(6-7-19(16)26)22-20(27)18-13-25(24-23-18)12-15-5-4-8-21-11-15;/h6-7,9-10,13,15,21H,3-5,8,11-12H2,1-2H3,(H,22,27);1H. The fourth-order valence-corrected chi connectivity index (χ4v) is 3.94. The second kappa shape index (κ2) is 8.75. The van der Waals surface area contributed by atoms with E-state index in [1.54, 1.807) is 10.9 Å². The number of aromatic nitrogens is 4. The van der Waals surface area contributed by atoms with E-state index in [1.165, 1.54) is 24.1 Å². The third-order valence-electron chi connectivity index (χ3n) is 5.30. The van der Waals surface area contributed by atoms with Crippen LogP contribution in [-0.2, 0) is 13.1 Å². The number of nitrogens with zero attached hydrogens (tertiary/aromatic N) is 4. The molecule has 28 heavy (non-hydrogen) atoms. The molecule has 0 saturated carbocycles. The van der Waals surface area contributed by atoms with Crippen LogP contribution in [0, 0.1) is 12.8 Å². The minimum absolute atomic E-state index is 0. The maximum absolute atomic E-state index is 12.5. The van der Waals surface area contributed by atoms with Gasteiger partial charge in [-0.1, -0.05) is 5.21 Å². The first kappa shape index (κ1) is 20.4. The molecule has 1 unspecified atom stereocenters. The van der Waals surface area contributed by atoms with Gasteiger partial charge in [0.1, 0.15) is 0 Å². The Labute approximate surface area is 170 Å². The van der Waals surface area contributed by atoms with Crippen molar-refractivity contribution in [1.82, 2.24) is 24.9 Å². The Morgan fingerprint density at radius 3 is 2.96 bits per heavy atom. The third-order valence-corrected chi connectivity index (χ3v) is 5.30. The van der Waals surface area contributed by atoms with Gasteiger partial charge < -0.3 is 15.2 Å². The molecule has 0 bridgehead atoms. The van der Waals surface area contributed by atoms with E-state index < -0.39 is 0 Å². The van der Waals surface area contributed by atoms with Crippen LogP contribution in [0.4, 0.5) is 5.69 Å². The molecule has 1 aromatic carbocycles. The molecule has 0 aliphatic carbocycles. The molecule has 3 heterocycles. The summed E-state index contributed by atoms with van der Waals surface area (Å²) in [6, 6.07) is 8.13. The predicted octanol–water partition coefficient (Wildman–Crippen LogP) is 3.23. The highest BCUT2D eigenvalue weighted by Gasteiger charge is 2.17. The minimum Gasteiger partial charge on any atom is -0.345 e. The molecular formula is C20H27ClN6O. The number of rotatable bonds is 5. The van der Waals surface area contributed by atoms with Gasteiger partial charge in [-0.05, 0) is 70.0 Å². The zero-order valence-corrected chi connectivity index (χ0v) is 17.1. The molecule has 1 aliphatic heterocycles. The van der Waals surface area contributed by atoms with Crippen LogP contribution >= 0.6 is 12.4 Å². The van der Waals surface area contributed by atoms with E-state index >= 15 is 0 Å². The lowest BCUT2D eigenvalue weighted by Gasteiger charge is -2.22. The Bertz CT molecular complexity index is 957. The van der Waals surface area contributed by atoms with Crippen molar-refractivity contribution in [3.63, 3.8) is 0 Å². The Morgan fingerprint density at radius 1 is 1.36 bits per heavy atom. The van der Waals surface area contributed by atoms with Crippen LogP contribution in [0.2, 0.25) is 0 Å². The number of fused-ring (bicyclic) bond motifs is 1. The normalized spacial score (nSPS) is 16.7. The van der Waals surface area contributed by atoms with Crippen LogP contribution in [-0.4, -0.2) is 38.6 Å². The second-order valence-electron chi connectivity index (χ2n) is 7.30. The summed E-state index contributed by atoms with van der Waals surface area (Å²) < 4.78 is 4.03. The first-order valence-corrected chi connectivity index (χ1v) is 9.66. The van der Waals surface area contributed by atoms with Gasteiger partial charge in [0.25, 0.3) is 5.91 Å². The lowest BCUT2D eigenvalue weighted by molar-refractivity contribution is 0.102. The van der Waals surface area contributed by atoms with Crippen molar-refractivity contribution in [2.75, 3.05) is 18.4 Å². The van der Waals surface area contributed by atoms with Crippen molar-refractivity contribution in [2.24, 2.45) is 5.92 Å². The number of anilines is 1. The first-order valence-electron chi connectivity index (χ1n) is 9.66. The number of hydrogen-bond acceptors (Lipinski definition) is 4. The van der Waals surface area contributed by atoms with E-state index in [0.717, 1.165) is 37.3 Å². The molecule has 0 radical (unpaired) electrons. The van der Waals surface area contributed by atoms with Gasteiger partial charge in [0.15, 0.2) is 5.69 Å². The van der Waals surface area contributed by atoms with Crippen molar-refractivity contribution >= 4 is 34.9 Å². The average Bonchev–Trinajstić information content (AvgIpc) is 3.25. The summed E-state index contributed by atoms with van der Waals surface area (Å²) in [5, 5.41) is 15.6. The molecule has 150 valence electrons. The maximum Gasteiger partial charge on any atom is 0.277 e. The predicted molar refractivity (Wildman–Crippen MR) is 113 cm³/mol. The molecule has 0 spiro atoms. The lowest BCUT2D eigenvalue weighted by atomic mass is 10.00. The largest absolute Gasteiger partial charge is 0.345 e. The summed E-state index contributed by atoms with van der Waals surface area (Å²) in [6.45, 7) is 8.05. The van der Waals surface area contributed by atoms with Gasteiger partial charge >= 0.3 is 0 Å². The Balaban J connectivity index is 0.00000225. The Morgan fingerprint density at radius 2 is 2.21 bits per heavy atom. The summed E-state index contributed by atoms with van der Waals surface area (Å²) >= 11 is 0. The molecule has 1 amide bonds. The second-order valence-corrected chi connectivity index (χ2v) is 7.30. The number of aryl methyl sites for hydroxylation is 2. The van der Waals surface area contributed by atoms with Crippen molar-refractivity contribution in [3.8, 4) is 0 Å². The highest BCUT2D eigenvalue weighted by atomic mass is 35.5. The average molecular weight is 403 g/mol. The van der Waals surface area contributed by atoms with Gasteiger partial charge in [-0.25, -0.2) is 0 Å². The molecule has 4 rings (SSSR count). The summed E-state index contributed by atoms with van der Waals surface area (Å²) in [7, 11) is 0. The van der Waals surface area contributed by atoms with Crippen LogP contribution in [0.3, 0.4) is 0 Å². The Hall–Kier alpha value is -2.38. The molecule has 1 saturated heterocycles. The van der Waals surface area contributed by atoms with E-state index in [9.17, 15) is 4.79 Å². The summed E-state index contributed by atoms with van der Waals surface area (Å²) in [4.78, 5) is 12.5. The molecule has 1 atom stereocenters. The zero-order chi connectivity index (χ0) is 18.8. The number of piperidine rings is 1. The molecule has 2 N–H and O–H groups in total. The monoisotopic (exact) mass is 402 g/mol. The van der Waals surface area contributed by atoms with Crippen LogP contribution < -0.4 is 10.6 Å². The SMILES string of the molecule is CCn1c(C)cc2cc(NC(=O)c3cn(CC4CCCNC4)nn3)ccc21.Cl. The fraction of sp³-hybridized carbons (Fsp3) is 0.450. The topological polar surface area (TPSA) is 76.8 Å². The van der Waals surface area contributed by atoms with Crippen molar-refractivity contribution in [2.45, 2.75) is 39.8 Å². The summed E-state index contributed by atoms with van der Waals surface area (Å²) in [5.41, 5.74) is 3.52. The molecule has 1 fully saturated rings. The van der Waals surface area contributed by atoms with Gasteiger partial charge in [0.05, 0.1) is 6.20 Å². The Kier molecular flexibility index (Phi) is 6.36. The van der Waals surface area contributed by atoms with E-state index in [4.69, 9.17) is 0 Å². The molecule has 7 nitrogen and oxygen atoms in total. The van der Waals surface area contributed by atoms with Crippen LogP contribution in [0.1, 0.15) is 35.9 Å². The zero-order valence-electron chi connectivity index (χ0n) is 16.3. The van der Waals surface area contributed by atoms with Crippen molar-refractivity contribution in [1.29, 1.82) is 0 Å². The number of halogens is 1. The quantitative estimate of drug-likeness (QED) is 0.686. The fourth-order valence-electron chi connectivity index (χ4n) is 3.94. The number of carbonyl (C=O) groups excluding carboxylic acids is 1. The number of hydrogen-bond donors (Lipinski definition) is 2. The van der Waals surface area contributed by atoms with Crippen LogP contribution in [0.5, 0.6) is 0 Å². The first-order chi connectivity index (χ1) is 13.1. The number of carbonyl (C=O) groups is 1. The summed E-state index contributed by atoms with van der Waals surface area (Å²) in [5.74, 6) is 0.318. The molecule has 2 aromatic heterocycles. The smallest absolute Gasteiger partial charge is 0.277 e. The van der Waals surface area contributed by atoms with Crippen molar-refractivity contribution in [3.05, 3.63) is 41.9 Å². The van der Waals surface area contributed by atoms with E-state index in [2.05, 4.69) is 45.4 Å². The summed E-state index contributed by atoms with van der Waals surface area (Å²) in [6.07, 6.45) is 4.11. The highest BCUT2D eigenvalue weighted by Crippen LogP contribution is 2.23. The maximum atomic E-state index is 12.5. The lowest BCUT2D eigenvalue weighted by Crippen LogP contribution is -2.32. The minimum atomic E-state index is -0.228. The number of amides is 1. The van der Waals surface area contributed by atoms with E-state index in [-0.39, 0.29) is 18.3 Å². The van der Waals surface area contributed by atoms with Gasteiger partial charge in [-0.2, -0.15) is 0 Å². The van der Waals surface area contributed by atoms with Gasteiger partial charge in [0.2, 0.25) is 0 Å². The molecule has 1 aliphatic rings. The van der Waals surface area contributed by atoms with Gasteiger partial charge in [-0.15, -0.1) is 17.5 Å². The van der Waals surface area contributed by atoms with Crippen LogP contribution in [0.15, 0.2) is 30.5 Å². The van der Waals surface area contributed by atoms with E-state index in [0.29, 0.717) is 11.6 Å². The number of nitrogens with one attached hydrogen (secondary N) is 2. The van der Waals surface area contributed by atoms with Crippen molar-refractivity contribution < 1.29 is 4.79 Å². The van der Waals surface area contributed by atoms with Gasteiger partial charge in [-0.3, -0.25) is 9.48 Å². The van der Waals surface area contributed by atoms with Crippen LogP contribution in [0.25, 0.3) is 10.9 Å². The van der Waals surface area contributed by atoms with Gasteiger partial charge in [0, 0.05) is 35.4 Å². The molecule has 8 heteroatoms. The van der Waals surface area contributed by atoms with E-state index in [1.807, 2.05) is 18.2 Å². The number of benzene rings is 1. The third kappa shape index (κ3) is 4.20. The molecule has 3 aromatic rings. The highest BCUT2D eigenvalue weighted by molar-refractivity contribution is 6.03. The molecular weight excluding hydrogens is 376 g/mol.